The van der Waals surface area contributed by atoms with Crippen molar-refractivity contribution in [2.75, 3.05) is 4.90 Å². The fourth-order valence-corrected chi connectivity index (χ4v) is 17.8. The Labute approximate surface area is 401 Å². The van der Waals surface area contributed by atoms with Gasteiger partial charge in [-0.25, -0.2) is 0 Å². The minimum absolute atomic E-state index is 1.12. The first-order valence-corrected chi connectivity index (χ1v) is 29.9. The molecule has 2 nitrogen and oxygen atoms in total. The number of para-hydroxylation sites is 1. The zero-order valence-electron chi connectivity index (χ0n) is 38.8. The molecule has 2 aliphatic rings. The maximum atomic E-state index is 2.49. The Balaban J connectivity index is 0.917. The summed E-state index contributed by atoms with van der Waals surface area (Å²) in [6.07, 6.45) is 0. The van der Waals surface area contributed by atoms with Crippen molar-refractivity contribution < 1.29 is 0 Å². The fraction of sp³-hybridized carbons (Fsp3) is 0.0625. The van der Waals surface area contributed by atoms with Crippen LogP contribution in [0, 0.1) is 0 Å². The SMILES string of the molecule is C[Si]1(C)c2ccccc2-c2cc(-c3ccc4c(c3)c3cc(-c5ccc(N(c6ccc(-c7ccccc7)cc6)c6ccc7c(c6)-c6ccccc6[Si]7(C)C)cc5)ccc3n4-c3ccccc3)ccc21. The number of rotatable bonds is 7. The Morgan fingerprint density at radius 2 is 0.676 bits per heavy atom. The second kappa shape index (κ2) is 15.4. The molecule has 2 aliphatic heterocycles. The summed E-state index contributed by atoms with van der Waals surface area (Å²) >= 11 is 0. The van der Waals surface area contributed by atoms with E-state index in [-0.39, 0.29) is 0 Å². The van der Waals surface area contributed by atoms with Gasteiger partial charge < -0.3 is 9.47 Å². The minimum atomic E-state index is -1.80. The highest BCUT2D eigenvalue weighted by molar-refractivity contribution is 7.04. The minimum Gasteiger partial charge on any atom is -0.310 e. The van der Waals surface area contributed by atoms with Crippen LogP contribution in [-0.4, -0.2) is 20.7 Å². The van der Waals surface area contributed by atoms with E-state index in [0.717, 1.165) is 22.7 Å². The van der Waals surface area contributed by atoms with E-state index in [1.54, 1.807) is 5.19 Å². The van der Waals surface area contributed by atoms with Crippen LogP contribution in [0.2, 0.25) is 26.2 Å². The zero-order chi connectivity index (χ0) is 45.7. The number of benzene rings is 10. The predicted octanol–water partition coefficient (Wildman–Crippen LogP) is 14.9. The van der Waals surface area contributed by atoms with Crippen molar-refractivity contribution >= 4 is 75.8 Å². The van der Waals surface area contributed by atoms with Gasteiger partial charge in [0.2, 0.25) is 0 Å². The van der Waals surface area contributed by atoms with Crippen molar-refractivity contribution in [3.63, 3.8) is 0 Å². The van der Waals surface area contributed by atoms with E-state index in [4.69, 9.17) is 0 Å². The average molecular weight is 903 g/mol. The van der Waals surface area contributed by atoms with E-state index in [2.05, 4.69) is 266 Å². The van der Waals surface area contributed by atoms with Gasteiger partial charge in [-0.2, -0.15) is 0 Å². The first kappa shape index (κ1) is 40.5. The van der Waals surface area contributed by atoms with Crippen molar-refractivity contribution in [2.24, 2.45) is 0 Å². The third-order valence-corrected chi connectivity index (χ3v) is 22.3. The van der Waals surface area contributed by atoms with Gasteiger partial charge in [0.05, 0.1) is 11.0 Å². The van der Waals surface area contributed by atoms with Crippen molar-refractivity contribution in [3.05, 3.63) is 231 Å². The van der Waals surface area contributed by atoms with Gasteiger partial charge in [0.1, 0.15) is 16.1 Å². The molecule has 13 rings (SSSR count). The second-order valence-electron chi connectivity index (χ2n) is 19.8. The molecule has 0 fully saturated rings. The lowest BCUT2D eigenvalue weighted by Crippen LogP contribution is -2.49. The van der Waals surface area contributed by atoms with Crippen LogP contribution in [0.3, 0.4) is 0 Å². The third-order valence-electron chi connectivity index (χ3n) is 15.2. The molecule has 0 amide bonds. The molecule has 0 saturated carbocycles. The lowest BCUT2D eigenvalue weighted by molar-refractivity contribution is 1.18. The Kier molecular flexibility index (Phi) is 9.17. The first-order valence-electron chi connectivity index (χ1n) is 23.9. The molecule has 4 heteroatoms. The first-order chi connectivity index (χ1) is 33.2. The topological polar surface area (TPSA) is 8.17 Å². The van der Waals surface area contributed by atoms with E-state index in [0.29, 0.717) is 0 Å². The normalized spacial score (nSPS) is 13.8. The quantitative estimate of drug-likeness (QED) is 0.145. The molecular weight excluding hydrogens is 853 g/mol. The molecule has 0 unspecified atom stereocenters. The summed E-state index contributed by atoms with van der Waals surface area (Å²) in [6, 6.07) is 86.3. The van der Waals surface area contributed by atoms with Crippen molar-refractivity contribution in [3.8, 4) is 61.3 Å². The number of hydrogen-bond donors (Lipinski definition) is 0. The summed E-state index contributed by atoms with van der Waals surface area (Å²) in [7, 11) is -3.54. The molecule has 3 heterocycles. The van der Waals surface area contributed by atoms with Gasteiger partial charge in [-0.15, -0.1) is 0 Å². The second-order valence-corrected chi connectivity index (χ2v) is 28.4. The summed E-state index contributed by atoms with van der Waals surface area (Å²) in [5.74, 6) is 0. The maximum absolute atomic E-state index is 2.49. The van der Waals surface area contributed by atoms with Gasteiger partial charge in [-0.3, -0.25) is 0 Å². The van der Waals surface area contributed by atoms with E-state index in [1.165, 1.54) is 93.0 Å². The molecular formula is C64H50N2Si2. The van der Waals surface area contributed by atoms with Gasteiger partial charge in [0.25, 0.3) is 0 Å². The number of nitrogens with zero attached hydrogens (tertiary/aromatic N) is 2. The highest BCUT2D eigenvalue weighted by Crippen LogP contribution is 2.42. The molecule has 1 aromatic heterocycles. The maximum Gasteiger partial charge on any atom is 0.113 e. The Morgan fingerprint density at radius 3 is 1.25 bits per heavy atom. The fourth-order valence-electron chi connectivity index (χ4n) is 11.7. The van der Waals surface area contributed by atoms with Crippen molar-refractivity contribution in [1.29, 1.82) is 0 Å². The molecule has 0 radical (unpaired) electrons. The van der Waals surface area contributed by atoms with Gasteiger partial charge in [0.15, 0.2) is 0 Å². The molecule has 11 aromatic rings. The van der Waals surface area contributed by atoms with Gasteiger partial charge >= 0.3 is 0 Å². The third kappa shape index (κ3) is 6.28. The number of hydrogen-bond acceptors (Lipinski definition) is 1. The van der Waals surface area contributed by atoms with Crippen LogP contribution in [0.4, 0.5) is 17.1 Å². The lowest BCUT2D eigenvalue weighted by Gasteiger charge is -2.27. The van der Waals surface area contributed by atoms with Gasteiger partial charge in [-0.1, -0.05) is 178 Å². The molecule has 0 N–H and O–H groups in total. The van der Waals surface area contributed by atoms with Crippen LogP contribution in [0.5, 0.6) is 0 Å². The standard InChI is InChI=1S/C64H50N2Si2/c1-67(2)61-21-13-11-19-53(61)57-41-48(29-37-63(57)67)47-28-36-60-56(40-47)55-39-46(27-35-59(55)66(60)49-17-9-6-10-18-49)45-25-32-51(33-26-45)65(50-30-23-44(24-31-50)43-15-7-5-8-16-43)52-34-38-64-58(42-52)54-20-12-14-22-62(54)68(64,3)4/h5-42H,1-4H3. The summed E-state index contributed by atoms with van der Waals surface area (Å²) in [5.41, 5.74) is 19.9. The molecule has 68 heavy (non-hydrogen) atoms. The van der Waals surface area contributed by atoms with Crippen LogP contribution in [-0.2, 0) is 0 Å². The largest absolute Gasteiger partial charge is 0.310 e. The van der Waals surface area contributed by atoms with E-state index < -0.39 is 16.1 Å². The van der Waals surface area contributed by atoms with E-state index in [9.17, 15) is 0 Å². The molecule has 0 aliphatic carbocycles. The molecule has 0 atom stereocenters. The smallest absolute Gasteiger partial charge is 0.113 e. The molecule has 0 spiro atoms. The van der Waals surface area contributed by atoms with Crippen LogP contribution in [0.1, 0.15) is 0 Å². The molecule has 0 saturated heterocycles. The summed E-state index contributed by atoms with van der Waals surface area (Å²) in [6.45, 7) is 9.95. The highest BCUT2D eigenvalue weighted by Gasteiger charge is 2.38. The monoisotopic (exact) mass is 902 g/mol. The predicted molar refractivity (Wildman–Crippen MR) is 296 cm³/mol. The Morgan fingerprint density at radius 1 is 0.294 bits per heavy atom. The number of anilines is 3. The Bertz CT molecular complexity index is 3770. The highest BCUT2D eigenvalue weighted by atomic mass is 28.3. The van der Waals surface area contributed by atoms with Gasteiger partial charge in [0, 0.05) is 33.5 Å². The summed E-state index contributed by atoms with van der Waals surface area (Å²) in [4.78, 5) is 2.42. The summed E-state index contributed by atoms with van der Waals surface area (Å²) < 4.78 is 2.42. The molecule has 0 bridgehead atoms. The molecule has 324 valence electrons. The number of fused-ring (bicyclic) bond motifs is 9. The number of aromatic nitrogens is 1. The molecule has 10 aromatic carbocycles. The van der Waals surface area contributed by atoms with Crippen LogP contribution < -0.4 is 25.6 Å². The van der Waals surface area contributed by atoms with Crippen molar-refractivity contribution in [2.45, 2.75) is 26.2 Å². The summed E-state index contributed by atoms with van der Waals surface area (Å²) in [5, 5.41) is 8.61. The lowest BCUT2D eigenvalue weighted by atomic mass is 9.97. The van der Waals surface area contributed by atoms with Crippen molar-refractivity contribution in [1.82, 2.24) is 4.57 Å². The van der Waals surface area contributed by atoms with Crippen LogP contribution in [0.25, 0.3) is 83.1 Å². The van der Waals surface area contributed by atoms with Crippen LogP contribution in [0.15, 0.2) is 231 Å². The average Bonchev–Trinajstić information content (AvgIpc) is 3.93. The van der Waals surface area contributed by atoms with E-state index >= 15 is 0 Å². The van der Waals surface area contributed by atoms with Crippen LogP contribution >= 0.6 is 0 Å². The Hall–Kier alpha value is -7.77. The zero-order valence-corrected chi connectivity index (χ0v) is 40.8. The van der Waals surface area contributed by atoms with E-state index in [1.807, 2.05) is 0 Å². The van der Waals surface area contributed by atoms with Gasteiger partial charge in [-0.05, 0) is 155 Å².